The van der Waals surface area contributed by atoms with Crippen LogP contribution < -0.4 is 5.32 Å². The lowest BCUT2D eigenvalue weighted by Crippen LogP contribution is -2.17. The van der Waals surface area contributed by atoms with Crippen molar-refractivity contribution in [3.8, 4) is 0 Å². The zero-order valence-electron chi connectivity index (χ0n) is 12.4. The van der Waals surface area contributed by atoms with Crippen LogP contribution in [0.25, 0.3) is 0 Å². The Morgan fingerprint density at radius 2 is 1.90 bits per heavy atom. The fourth-order valence-electron chi connectivity index (χ4n) is 1.84. The smallest absolute Gasteiger partial charge is 0.257 e. The van der Waals surface area contributed by atoms with Gasteiger partial charge in [0.1, 0.15) is 0 Å². The van der Waals surface area contributed by atoms with Crippen molar-refractivity contribution in [3.05, 3.63) is 39.2 Å². The zero-order chi connectivity index (χ0) is 14.9. The third-order valence-electron chi connectivity index (χ3n) is 2.96. The first-order valence-electron chi connectivity index (χ1n) is 6.50. The molecule has 0 aliphatic carbocycles. The van der Waals surface area contributed by atoms with E-state index in [2.05, 4.69) is 36.3 Å². The maximum Gasteiger partial charge on any atom is 0.257 e. The van der Waals surface area contributed by atoms with Crippen molar-refractivity contribution in [2.75, 3.05) is 5.32 Å². The maximum absolute atomic E-state index is 12.2. The standard InChI is InChI=1S/C15H19N3OS/c1-9-8-11(10(2)20-9)14(19)16-13-7-6-12(17-18-13)15(3,4)5/h6-8H,1-5H3,(H,16,18,19). The molecule has 1 N–H and O–H groups in total. The summed E-state index contributed by atoms with van der Waals surface area (Å²) in [6, 6.07) is 5.58. The molecule has 2 aromatic heterocycles. The number of hydrogen-bond donors (Lipinski definition) is 1. The van der Waals surface area contributed by atoms with Gasteiger partial charge in [-0.3, -0.25) is 4.79 Å². The predicted molar refractivity (Wildman–Crippen MR) is 82.5 cm³/mol. The summed E-state index contributed by atoms with van der Waals surface area (Å²) in [5.41, 5.74) is 1.56. The van der Waals surface area contributed by atoms with Crippen LogP contribution in [0.1, 0.15) is 46.6 Å². The minimum atomic E-state index is -0.135. The Balaban J connectivity index is 2.14. The van der Waals surface area contributed by atoms with Crippen molar-refractivity contribution in [1.29, 1.82) is 0 Å². The molecule has 0 atom stereocenters. The first-order chi connectivity index (χ1) is 9.27. The minimum absolute atomic E-state index is 0.0450. The lowest BCUT2D eigenvalue weighted by Gasteiger charge is -2.16. The molecular weight excluding hydrogens is 270 g/mol. The van der Waals surface area contributed by atoms with Gasteiger partial charge >= 0.3 is 0 Å². The van der Waals surface area contributed by atoms with E-state index in [0.717, 1.165) is 15.4 Å². The number of hydrogen-bond acceptors (Lipinski definition) is 4. The van der Waals surface area contributed by atoms with E-state index in [1.807, 2.05) is 26.0 Å². The molecule has 0 aliphatic rings. The Labute approximate surface area is 123 Å². The van der Waals surface area contributed by atoms with Crippen molar-refractivity contribution < 1.29 is 4.79 Å². The summed E-state index contributed by atoms with van der Waals surface area (Å²) in [6.45, 7) is 10.2. The highest BCUT2D eigenvalue weighted by molar-refractivity contribution is 7.12. The van der Waals surface area contributed by atoms with E-state index in [1.54, 1.807) is 17.4 Å². The van der Waals surface area contributed by atoms with E-state index < -0.39 is 0 Å². The van der Waals surface area contributed by atoms with Gasteiger partial charge in [-0.15, -0.1) is 16.4 Å². The molecule has 0 fully saturated rings. The van der Waals surface area contributed by atoms with Crippen LogP contribution in [0.2, 0.25) is 0 Å². The number of amides is 1. The van der Waals surface area contributed by atoms with Gasteiger partial charge in [-0.05, 0) is 32.0 Å². The van der Waals surface area contributed by atoms with Crippen LogP contribution >= 0.6 is 11.3 Å². The molecule has 0 saturated carbocycles. The van der Waals surface area contributed by atoms with E-state index in [1.165, 1.54) is 0 Å². The number of nitrogens with zero attached hydrogens (tertiary/aromatic N) is 2. The molecule has 1 amide bonds. The number of nitrogens with one attached hydrogen (secondary N) is 1. The van der Waals surface area contributed by atoms with Gasteiger partial charge in [-0.25, -0.2) is 0 Å². The second kappa shape index (κ2) is 5.32. The van der Waals surface area contributed by atoms with Crippen molar-refractivity contribution in [1.82, 2.24) is 10.2 Å². The number of aryl methyl sites for hydroxylation is 2. The number of anilines is 1. The van der Waals surface area contributed by atoms with Gasteiger partial charge in [-0.2, -0.15) is 5.10 Å². The molecule has 0 spiro atoms. The topological polar surface area (TPSA) is 54.9 Å². The predicted octanol–water partition coefficient (Wildman–Crippen LogP) is 3.70. The highest BCUT2D eigenvalue weighted by atomic mass is 32.1. The number of thiophene rings is 1. The van der Waals surface area contributed by atoms with Crippen molar-refractivity contribution >= 4 is 23.1 Å². The van der Waals surface area contributed by atoms with Crippen molar-refractivity contribution in [2.24, 2.45) is 0 Å². The summed E-state index contributed by atoms with van der Waals surface area (Å²) in [4.78, 5) is 14.3. The van der Waals surface area contributed by atoms with Gasteiger partial charge in [0.05, 0.1) is 11.3 Å². The largest absolute Gasteiger partial charge is 0.305 e. The summed E-state index contributed by atoms with van der Waals surface area (Å²) in [7, 11) is 0. The fraction of sp³-hybridized carbons (Fsp3) is 0.400. The summed E-state index contributed by atoms with van der Waals surface area (Å²) in [6.07, 6.45) is 0. The summed E-state index contributed by atoms with van der Waals surface area (Å²) in [5.74, 6) is 0.343. The molecule has 20 heavy (non-hydrogen) atoms. The van der Waals surface area contributed by atoms with E-state index in [4.69, 9.17) is 0 Å². The second-order valence-corrected chi connectivity index (χ2v) is 7.30. The molecular formula is C15H19N3OS. The fourth-order valence-corrected chi connectivity index (χ4v) is 2.76. The normalized spacial score (nSPS) is 11.4. The van der Waals surface area contributed by atoms with Crippen LogP contribution in [0.3, 0.4) is 0 Å². The van der Waals surface area contributed by atoms with Gasteiger partial charge in [0.25, 0.3) is 5.91 Å². The van der Waals surface area contributed by atoms with Crippen LogP contribution in [0.5, 0.6) is 0 Å². The van der Waals surface area contributed by atoms with Gasteiger partial charge < -0.3 is 5.32 Å². The monoisotopic (exact) mass is 289 g/mol. The molecule has 2 aromatic rings. The number of carbonyl (C=O) groups excluding carboxylic acids is 1. The molecule has 0 aromatic carbocycles. The van der Waals surface area contributed by atoms with E-state index in [0.29, 0.717) is 11.4 Å². The Hall–Kier alpha value is -1.75. The highest BCUT2D eigenvalue weighted by Gasteiger charge is 2.17. The molecule has 0 unspecified atom stereocenters. The average Bonchev–Trinajstić information content (AvgIpc) is 2.68. The number of rotatable bonds is 2. The van der Waals surface area contributed by atoms with Gasteiger partial charge in [0, 0.05) is 15.2 Å². The lowest BCUT2D eigenvalue weighted by atomic mass is 9.92. The Morgan fingerprint density at radius 3 is 2.35 bits per heavy atom. The van der Waals surface area contributed by atoms with Crippen LogP contribution in [0.15, 0.2) is 18.2 Å². The van der Waals surface area contributed by atoms with Crippen LogP contribution in [-0.2, 0) is 5.41 Å². The van der Waals surface area contributed by atoms with Crippen LogP contribution in [0.4, 0.5) is 5.82 Å². The molecule has 5 heteroatoms. The van der Waals surface area contributed by atoms with E-state index in [9.17, 15) is 4.79 Å². The van der Waals surface area contributed by atoms with Gasteiger partial charge in [0.15, 0.2) is 5.82 Å². The molecule has 0 saturated heterocycles. The van der Waals surface area contributed by atoms with E-state index in [-0.39, 0.29) is 11.3 Å². The summed E-state index contributed by atoms with van der Waals surface area (Å²) < 4.78 is 0. The third-order valence-corrected chi connectivity index (χ3v) is 3.93. The molecule has 0 radical (unpaired) electrons. The Morgan fingerprint density at radius 1 is 1.20 bits per heavy atom. The Bertz CT molecular complexity index is 624. The molecule has 4 nitrogen and oxygen atoms in total. The molecule has 106 valence electrons. The van der Waals surface area contributed by atoms with Crippen LogP contribution in [-0.4, -0.2) is 16.1 Å². The highest BCUT2D eigenvalue weighted by Crippen LogP contribution is 2.22. The average molecular weight is 289 g/mol. The van der Waals surface area contributed by atoms with E-state index >= 15 is 0 Å². The molecule has 2 rings (SSSR count). The summed E-state index contributed by atoms with van der Waals surface area (Å²) >= 11 is 1.62. The summed E-state index contributed by atoms with van der Waals surface area (Å²) in [5, 5.41) is 11.0. The number of aromatic nitrogens is 2. The second-order valence-electron chi connectivity index (χ2n) is 5.83. The van der Waals surface area contributed by atoms with Crippen LogP contribution in [0, 0.1) is 13.8 Å². The zero-order valence-corrected chi connectivity index (χ0v) is 13.3. The third kappa shape index (κ3) is 3.22. The molecule has 0 bridgehead atoms. The van der Waals surface area contributed by atoms with Gasteiger partial charge in [0.2, 0.25) is 0 Å². The first kappa shape index (κ1) is 14.7. The molecule has 2 heterocycles. The maximum atomic E-state index is 12.2. The SMILES string of the molecule is Cc1cc(C(=O)Nc2ccc(C(C)(C)C)nn2)c(C)s1. The molecule has 0 aliphatic heterocycles. The first-order valence-corrected chi connectivity index (χ1v) is 7.31. The van der Waals surface area contributed by atoms with Crippen molar-refractivity contribution in [2.45, 2.75) is 40.0 Å². The number of carbonyl (C=O) groups is 1. The Kier molecular flexibility index (Phi) is 3.90. The van der Waals surface area contributed by atoms with Gasteiger partial charge in [-0.1, -0.05) is 20.8 Å². The van der Waals surface area contributed by atoms with Crippen molar-refractivity contribution in [3.63, 3.8) is 0 Å². The quantitative estimate of drug-likeness (QED) is 0.917. The lowest BCUT2D eigenvalue weighted by molar-refractivity contribution is 0.102. The minimum Gasteiger partial charge on any atom is -0.305 e.